The fourth-order valence-corrected chi connectivity index (χ4v) is 6.25. The summed E-state index contributed by atoms with van der Waals surface area (Å²) in [5, 5.41) is 12.2. The molecular formula is C20H21N5O3S. The van der Waals surface area contributed by atoms with Crippen LogP contribution in [0.5, 0.6) is 0 Å². The molecule has 1 spiro atoms. The molecule has 8 nitrogen and oxygen atoms in total. The van der Waals surface area contributed by atoms with Gasteiger partial charge in [-0.05, 0) is 23.6 Å². The number of carbonyl (C=O) groups excluding carboxylic acids is 1. The maximum absolute atomic E-state index is 12.9. The van der Waals surface area contributed by atoms with Crippen LogP contribution in [0.3, 0.4) is 0 Å². The highest BCUT2D eigenvalue weighted by Gasteiger charge is 2.63. The topological polar surface area (TPSA) is 94.6 Å². The summed E-state index contributed by atoms with van der Waals surface area (Å²) in [6.45, 7) is 2.54. The van der Waals surface area contributed by atoms with Gasteiger partial charge in [-0.3, -0.25) is 4.79 Å². The van der Waals surface area contributed by atoms with Gasteiger partial charge in [0.1, 0.15) is 23.4 Å². The van der Waals surface area contributed by atoms with Gasteiger partial charge in [-0.25, -0.2) is 9.97 Å². The minimum absolute atomic E-state index is 0.0158. The van der Waals surface area contributed by atoms with Crippen molar-refractivity contribution in [2.45, 2.75) is 11.7 Å². The van der Waals surface area contributed by atoms with Crippen molar-refractivity contribution < 1.29 is 14.6 Å². The Morgan fingerprint density at radius 1 is 1.34 bits per heavy atom. The number of morpholine rings is 1. The zero-order chi connectivity index (χ0) is 19.6. The first-order valence-corrected chi connectivity index (χ1v) is 10.7. The van der Waals surface area contributed by atoms with Crippen molar-refractivity contribution in [2.24, 2.45) is 11.8 Å². The van der Waals surface area contributed by atoms with Gasteiger partial charge in [0.05, 0.1) is 29.4 Å². The first kappa shape index (κ1) is 17.4. The molecule has 3 saturated heterocycles. The van der Waals surface area contributed by atoms with Crippen molar-refractivity contribution >= 4 is 33.3 Å². The molecule has 3 aliphatic heterocycles. The van der Waals surface area contributed by atoms with Gasteiger partial charge in [-0.15, -0.1) is 11.3 Å². The van der Waals surface area contributed by atoms with E-state index < -0.39 is 5.60 Å². The predicted molar refractivity (Wildman–Crippen MR) is 108 cm³/mol. The number of aliphatic hydroxyl groups is 1. The third kappa shape index (κ3) is 2.47. The summed E-state index contributed by atoms with van der Waals surface area (Å²) in [7, 11) is 0. The van der Waals surface area contributed by atoms with E-state index >= 15 is 0 Å². The summed E-state index contributed by atoms with van der Waals surface area (Å²) in [4.78, 5) is 29.0. The van der Waals surface area contributed by atoms with Crippen LogP contribution in [0.15, 0.2) is 36.1 Å². The first-order valence-electron chi connectivity index (χ1n) is 9.83. The van der Waals surface area contributed by atoms with Crippen molar-refractivity contribution in [3.63, 3.8) is 0 Å². The molecule has 4 atom stereocenters. The van der Waals surface area contributed by atoms with E-state index in [4.69, 9.17) is 4.74 Å². The lowest BCUT2D eigenvalue weighted by Crippen LogP contribution is -2.54. The Balaban J connectivity index is 1.35. The summed E-state index contributed by atoms with van der Waals surface area (Å²) in [6.07, 6.45) is 3.30. The number of aromatic nitrogens is 3. The van der Waals surface area contributed by atoms with Crippen LogP contribution < -0.4 is 4.90 Å². The van der Waals surface area contributed by atoms with Gasteiger partial charge in [-0.1, -0.05) is 0 Å². The van der Waals surface area contributed by atoms with Gasteiger partial charge in [0.15, 0.2) is 0 Å². The minimum atomic E-state index is -0.479. The maximum atomic E-state index is 12.9. The number of fused-ring (bicyclic) bond motifs is 2. The zero-order valence-electron chi connectivity index (χ0n) is 15.7. The molecule has 2 N–H and O–H groups in total. The number of aliphatic hydroxyl groups excluding tert-OH is 1. The number of likely N-dealkylation sites (tertiary alicyclic amines) is 1. The van der Waals surface area contributed by atoms with Gasteiger partial charge < -0.3 is 24.6 Å². The smallest absolute Gasteiger partial charge is 0.270 e. The number of nitrogens with one attached hydrogen (secondary N) is 1. The van der Waals surface area contributed by atoms with Gasteiger partial charge in [0, 0.05) is 37.7 Å². The Morgan fingerprint density at radius 3 is 3.10 bits per heavy atom. The zero-order valence-corrected chi connectivity index (χ0v) is 16.5. The Bertz CT molecular complexity index is 1070. The van der Waals surface area contributed by atoms with Crippen molar-refractivity contribution in [1.82, 2.24) is 19.9 Å². The molecular weight excluding hydrogens is 390 g/mol. The number of rotatable bonds is 3. The maximum Gasteiger partial charge on any atom is 0.270 e. The van der Waals surface area contributed by atoms with E-state index in [2.05, 4.69) is 19.9 Å². The van der Waals surface area contributed by atoms with Crippen LogP contribution in [0.2, 0.25) is 0 Å². The lowest BCUT2D eigenvalue weighted by molar-refractivity contribution is -0.0626. The standard InChI is InChI=1S/C20H21N5O3S/c26-8-12-13-6-25(19(27)15-2-1-4-21-15)10-20(13)9-24(7-16(12)28-20)18-17-14(3-5-29-17)22-11-23-18/h1-5,11-13,16,21,26H,6-10H2/t12-,13+,16+,20+/m0/s1. The summed E-state index contributed by atoms with van der Waals surface area (Å²) < 4.78 is 7.58. The van der Waals surface area contributed by atoms with Crippen LogP contribution in [-0.4, -0.2) is 75.4 Å². The summed E-state index contributed by atoms with van der Waals surface area (Å²) >= 11 is 1.64. The molecule has 0 aromatic carbocycles. The Labute approximate surface area is 171 Å². The monoisotopic (exact) mass is 411 g/mol. The second kappa shape index (κ2) is 6.25. The molecule has 0 unspecified atom stereocenters. The second-order valence-corrected chi connectivity index (χ2v) is 9.07. The number of hydrogen-bond donors (Lipinski definition) is 2. The third-order valence-electron chi connectivity index (χ3n) is 6.64. The van der Waals surface area contributed by atoms with E-state index in [0.29, 0.717) is 31.9 Å². The molecule has 0 radical (unpaired) electrons. The number of aromatic amines is 1. The van der Waals surface area contributed by atoms with Gasteiger partial charge in [-0.2, -0.15) is 0 Å². The molecule has 9 heteroatoms. The van der Waals surface area contributed by atoms with E-state index in [0.717, 1.165) is 16.0 Å². The first-order chi connectivity index (χ1) is 14.2. The van der Waals surface area contributed by atoms with E-state index in [9.17, 15) is 9.90 Å². The number of carbonyl (C=O) groups is 1. The van der Waals surface area contributed by atoms with Crippen LogP contribution in [0.1, 0.15) is 10.5 Å². The molecule has 3 aromatic rings. The molecule has 150 valence electrons. The second-order valence-electron chi connectivity index (χ2n) is 8.16. The number of hydrogen-bond acceptors (Lipinski definition) is 7. The van der Waals surface area contributed by atoms with E-state index in [1.165, 1.54) is 0 Å². The summed E-state index contributed by atoms with van der Waals surface area (Å²) in [5.74, 6) is 1.03. The van der Waals surface area contributed by atoms with Gasteiger partial charge >= 0.3 is 0 Å². The predicted octanol–water partition coefficient (Wildman–Crippen LogP) is 1.36. The van der Waals surface area contributed by atoms with Gasteiger partial charge in [0.2, 0.25) is 0 Å². The number of ether oxygens (including phenoxy) is 1. The average molecular weight is 411 g/mol. The fraction of sp³-hybridized carbons (Fsp3) is 0.450. The highest BCUT2D eigenvalue weighted by molar-refractivity contribution is 7.17. The molecule has 29 heavy (non-hydrogen) atoms. The van der Waals surface area contributed by atoms with Crippen molar-refractivity contribution in [2.75, 3.05) is 37.7 Å². The highest BCUT2D eigenvalue weighted by Crippen LogP contribution is 2.50. The molecule has 3 aliphatic rings. The average Bonchev–Trinajstić information content (AvgIpc) is 3.50. The summed E-state index contributed by atoms with van der Waals surface area (Å²) in [6, 6.07) is 5.63. The fourth-order valence-electron chi connectivity index (χ4n) is 5.38. The van der Waals surface area contributed by atoms with Crippen LogP contribution >= 0.6 is 11.3 Å². The van der Waals surface area contributed by atoms with Crippen LogP contribution in [0, 0.1) is 11.8 Å². The Kier molecular flexibility index (Phi) is 3.75. The van der Waals surface area contributed by atoms with Gasteiger partial charge in [0.25, 0.3) is 5.91 Å². The molecule has 3 fully saturated rings. The third-order valence-corrected chi connectivity index (χ3v) is 7.54. The minimum Gasteiger partial charge on any atom is -0.396 e. The van der Waals surface area contributed by atoms with E-state index in [1.807, 2.05) is 22.4 Å². The largest absolute Gasteiger partial charge is 0.396 e. The lowest BCUT2D eigenvalue weighted by atomic mass is 9.83. The normalized spacial score (nSPS) is 30.9. The molecule has 6 rings (SSSR count). The molecule has 0 aliphatic carbocycles. The lowest BCUT2D eigenvalue weighted by Gasteiger charge is -2.41. The molecule has 6 heterocycles. The van der Waals surface area contributed by atoms with Crippen LogP contribution in [0.25, 0.3) is 10.2 Å². The number of H-pyrrole nitrogens is 1. The Hall–Kier alpha value is -2.49. The van der Waals surface area contributed by atoms with Crippen LogP contribution in [-0.2, 0) is 4.74 Å². The quantitative estimate of drug-likeness (QED) is 0.676. The molecule has 1 amide bonds. The number of nitrogens with zero attached hydrogens (tertiary/aromatic N) is 4. The summed E-state index contributed by atoms with van der Waals surface area (Å²) in [5.41, 5.74) is 1.05. The number of amides is 1. The van der Waals surface area contributed by atoms with Crippen molar-refractivity contribution in [1.29, 1.82) is 0 Å². The molecule has 0 saturated carbocycles. The number of thiophene rings is 1. The number of anilines is 1. The van der Waals surface area contributed by atoms with Crippen molar-refractivity contribution in [3.05, 3.63) is 41.8 Å². The SMILES string of the molecule is O=C(c1ccc[nH]1)N1C[C@@H]2[C@H](CO)[C@H]3CN(c4ncnc5ccsc45)C[C@]2(C1)O3. The van der Waals surface area contributed by atoms with Crippen LogP contribution in [0.4, 0.5) is 5.82 Å². The van der Waals surface area contributed by atoms with Crippen molar-refractivity contribution in [3.8, 4) is 0 Å². The molecule has 2 bridgehead atoms. The highest BCUT2D eigenvalue weighted by atomic mass is 32.1. The Morgan fingerprint density at radius 2 is 2.28 bits per heavy atom. The van der Waals surface area contributed by atoms with E-state index in [-0.39, 0.29) is 30.5 Å². The molecule has 3 aromatic heterocycles. The van der Waals surface area contributed by atoms with E-state index in [1.54, 1.807) is 29.9 Å².